The summed E-state index contributed by atoms with van der Waals surface area (Å²) in [5.41, 5.74) is 0. The van der Waals surface area contributed by atoms with Crippen LogP contribution in [0.3, 0.4) is 0 Å². The van der Waals surface area contributed by atoms with Crippen LogP contribution in [-0.4, -0.2) is 62.3 Å². The highest BCUT2D eigenvalue weighted by Gasteiger charge is 2.29. The number of hydrogen-bond donors (Lipinski definition) is 1. The molecule has 25 heavy (non-hydrogen) atoms. The lowest BCUT2D eigenvalue weighted by Crippen LogP contribution is -2.51. The Bertz CT molecular complexity index is 671. The maximum atomic E-state index is 13.0. The van der Waals surface area contributed by atoms with Crippen molar-refractivity contribution in [1.29, 1.82) is 0 Å². The normalized spacial score (nSPS) is 18.0. The van der Waals surface area contributed by atoms with Gasteiger partial charge in [-0.2, -0.15) is 4.31 Å². The topological polar surface area (TPSA) is 69.7 Å². The zero-order chi connectivity index (χ0) is 18.4. The van der Waals surface area contributed by atoms with Crippen LogP contribution in [0.25, 0.3) is 0 Å². The SMILES string of the molecule is CCC[C@@H](C)NC(=O)CN1CCN(S(=O)(=O)c2ccc(F)cc2)CC1. The molecule has 0 aromatic heterocycles. The first kappa shape index (κ1) is 19.8. The van der Waals surface area contributed by atoms with E-state index >= 15 is 0 Å². The molecule has 0 bridgehead atoms. The van der Waals surface area contributed by atoms with E-state index in [9.17, 15) is 17.6 Å². The lowest BCUT2D eigenvalue weighted by atomic mass is 10.2. The highest BCUT2D eigenvalue weighted by molar-refractivity contribution is 7.89. The molecule has 1 N–H and O–H groups in total. The first-order chi connectivity index (χ1) is 11.8. The molecule has 6 nitrogen and oxygen atoms in total. The first-order valence-electron chi connectivity index (χ1n) is 8.60. The van der Waals surface area contributed by atoms with E-state index in [1.54, 1.807) is 0 Å². The average Bonchev–Trinajstić information content (AvgIpc) is 2.55. The molecule has 1 aromatic carbocycles. The molecule has 0 spiro atoms. The minimum absolute atomic E-state index is 0.0317. The number of halogens is 1. The van der Waals surface area contributed by atoms with E-state index in [1.807, 2.05) is 11.8 Å². The molecule has 2 rings (SSSR count). The lowest BCUT2D eigenvalue weighted by molar-refractivity contribution is -0.123. The van der Waals surface area contributed by atoms with Gasteiger partial charge in [0.25, 0.3) is 0 Å². The number of hydrogen-bond acceptors (Lipinski definition) is 4. The fourth-order valence-electron chi connectivity index (χ4n) is 2.91. The number of carbonyl (C=O) groups is 1. The van der Waals surface area contributed by atoms with E-state index in [-0.39, 0.29) is 23.4 Å². The average molecular weight is 371 g/mol. The number of rotatable bonds is 7. The summed E-state index contributed by atoms with van der Waals surface area (Å²) in [5, 5.41) is 2.95. The predicted molar refractivity (Wildman–Crippen MR) is 94.1 cm³/mol. The molecular formula is C17H26FN3O3S. The van der Waals surface area contributed by atoms with Crippen molar-refractivity contribution >= 4 is 15.9 Å². The van der Waals surface area contributed by atoms with Crippen molar-refractivity contribution in [1.82, 2.24) is 14.5 Å². The Kier molecular flexibility index (Phi) is 6.92. The monoisotopic (exact) mass is 371 g/mol. The largest absolute Gasteiger partial charge is 0.353 e. The fourth-order valence-corrected chi connectivity index (χ4v) is 4.33. The highest BCUT2D eigenvalue weighted by atomic mass is 32.2. The Hall–Kier alpha value is -1.51. The number of nitrogens with one attached hydrogen (secondary N) is 1. The summed E-state index contributed by atoms with van der Waals surface area (Å²) < 4.78 is 39.5. The molecule has 1 fully saturated rings. The Balaban J connectivity index is 1.86. The number of amides is 1. The summed E-state index contributed by atoms with van der Waals surface area (Å²) in [7, 11) is -3.62. The molecular weight excluding hydrogens is 345 g/mol. The second-order valence-corrected chi connectivity index (χ2v) is 8.33. The third kappa shape index (κ3) is 5.49. The van der Waals surface area contributed by atoms with Crippen molar-refractivity contribution in [3.05, 3.63) is 30.1 Å². The molecule has 1 aliphatic heterocycles. The van der Waals surface area contributed by atoms with Gasteiger partial charge in [-0.05, 0) is 37.6 Å². The molecule has 0 aliphatic carbocycles. The predicted octanol–water partition coefficient (Wildman–Crippen LogP) is 1.44. The van der Waals surface area contributed by atoms with Crippen molar-refractivity contribution in [2.24, 2.45) is 0 Å². The van der Waals surface area contributed by atoms with Gasteiger partial charge >= 0.3 is 0 Å². The van der Waals surface area contributed by atoms with Gasteiger partial charge in [0.15, 0.2) is 0 Å². The quantitative estimate of drug-likeness (QED) is 0.787. The molecule has 0 unspecified atom stereocenters. The molecule has 0 radical (unpaired) electrons. The van der Waals surface area contributed by atoms with Gasteiger partial charge in [-0.3, -0.25) is 9.69 Å². The number of benzene rings is 1. The Morgan fingerprint density at radius 2 is 1.80 bits per heavy atom. The van der Waals surface area contributed by atoms with Gasteiger partial charge in [0, 0.05) is 32.2 Å². The smallest absolute Gasteiger partial charge is 0.243 e. The highest BCUT2D eigenvalue weighted by Crippen LogP contribution is 2.18. The van der Waals surface area contributed by atoms with E-state index in [1.165, 1.54) is 16.4 Å². The van der Waals surface area contributed by atoms with E-state index in [2.05, 4.69) is 12.2 Å². The van der Waals surface area contributed by atoms with Crippen molar-refractivity contribution in [2.75, 3.05) is 32.7 Å². The Morgan fingerprint density at radius 3 is 2.36 bits per heavy atom. The van der Waals surface area contributed by atoms with E-state index in [0.29, 0.717) is 26.2 Å². The van der Waals surface area contributed by atoms with Crippen LogP contribution in [-0.2, 0) is 14.8 Å². The molecule has 1 saturated heterocycles. The molecule has 8 heteroatoms. The van der Waals surface area contributed by atoms with Gasteiger partial charge in [0.1, 0.15) is 5.82 Å². The van der Waals surface area contributed by atoms with Crippen LogP contribution in [0, 0.1) is 5.82 Å². The van der Waals surface area contributed by atoms with Crippen LogP contribution in [0.4, 0.5) is 4.39 Å². The third-order valence-electron chi connectivity index (χ3n) is 4.28. The van der Waals surface area contributed by atoms with Crippen LogP contribution >= 0.6 is 0 Å². The van der Waals surface area contributed by atoms with Crippen LogP contribution in [0.15, 0.2) is 29.2 Å². The molecule has 0 saturated carbocycles. The maximum absolute atomic E-state index is 13.0. The zero-order valence-electron chi connectivity index (χ0n) is 14.7. The van der Waals surface area contributed by atoms with Crippen LogP contribution in [0.1, 0.15) is 26.7 Å². The summed E-state index contributed by atoms with van der Waals surface area (Å²) >= 11 is 0. The molecule has 1 aliphatic rings. The number of sulfonamides is 1. The van der Waals surface area contributed by atoms with Gasteiger partial charge in [0.2, 0.25) is 15.9 Å². The first-order valence-corrected chi connectivity index (χ1v) is 10.0. The summed E-state index contributed by atoms with van der Waals surface area (Å²) in [6.07, 6.45) is 1.96. The van der Waals surface area contributed by atoms with Crippen molar-refractivity contribution in [3.63, 3.8) is 0 Å². The van der Waals surface area contributed by atoms with Crippen LogP contribution in [0.5, 0.6) is 0 Å². The Morgan fingerprint density at radius 1 is 1.20 bits per heavy atom. The van der Waals surface area contributed by atoms with E-state index in [4.69, 9.17) is 0 Å². The second-order valence-electron chi connectivity index (χ2n) is 6.39. The van der Waals surface area contributed by atoms with Crippen molar-refractivity contribution in [3.8, 4) is 0 Å². The standard InChI is InChI=1S/C17H26FN3O3S/c1-3-4-14(2)19-17(22)13-20-9-11-21(12-10-20)25(23,24)16-7-5-15(18)6-8-16/h5-8,14H,3-4,9-13H2,1-2H3,(H,19,22)/t14-/m1/s1. The fraction of sp³-hybridized carbons (Fsp3) is 0.588. The summed E-state index contributed by atoms with van der Waals surface area (Å²) in [5.74, 6) is -0.497. The van der Waals surface area contributed by atoms with E-state index < -0.39 is 15.8 Å². The number of nitrogens with zero attached hydrogens (tertiary/aromatic N) is 2. The Labute approximate surface area is 149 Å². The summed E-state index contributed by atoms with van der Waals surface area (Å²) in [6.45, 7) is 5.96. The number of carbonyl (C=O) groups excluding carboxylic acids is 1. The van der Waals surface area contributed by atoms with Crippen LogP contribution in [0.2, 0.25) is 0 Å². The van der Waals surface area contributed by atoms with Gasteiger partial charge < -0.3 is 5.32 Å². The van der Waals surface area contributed by atoms with Crippen molar-refractivity contribution < 1.29 is 17.6 Å². The molecule has 1 aromatic rings. The van der Waals surface area contributed by atoms with Gasteiger partial charge in [0.05, 0.1) is 11.4 Å². The van der Waals surface area contributed by atoms with Gasteiger partial charge in [-0.1, -0.05) is 13.3 Å². The summed E-state index contributed by atoms with van der Waals surface area (Å²) in [4.78, 5) is 14.0. The van der Waals surface area contributed by atoms with Gasteiger partial charge in [-0.15, -0.1) is 0 Å². The van der Waals surface area contributed by atoms with E-state index in [0.717, 1.165) is 25.0 Å². The lowest BCUT2D eigenvalue weighted by Gasteiger charge is -2.33. The molecule has 1 atom stereocenters. The molecule has 140 valence electrons. The second kappa shape index (κ2) is 8.73. The summed E-state index contributed by atoms with van der Waals surface area (Å²) in [6, 6.07) is 4.99. The minimum atomic E-state index is -3.62. The van der Waals surface area contributed by atoms with Crippen LogP contribution < -0.4 is 5.32 Å². The van der Waals surface area contributed by atoms with Crippen molar-refractivity contribution in [2.45, 2.75) is 37.6 Å². The minimum Gasteiger partial charge on any atom is -0.353 e. The number of piperazine rings is 1. The molecule has 1 heterocycles. The zero-order valence-corrected chi connectivity index (χ0v) is 15.6. The maximum Gasteiger partial charge on any atom is 0.243 e. The molecule has 1 amide bonds. The third-order valence-corrected chi connectivity index (χ3v) is 6.19. The van der Waals surface area contributed by atoms with Gasteiger partial charge in [-0.25, -0.2) is 12.8 Å².